The predicted molar refractivity (Wildman–Crippen MR) is 112 cm³/mol. The van der Waals surface area contributed by atoms with Crippen LogP contribution in [0.5, 0.6) is 11.5 Å². The maximum Gasteiger partial charge on any atom is 0.209 e. The molecule has 0 atom stereocenters. The fraction of sp³-hybridized carbons (Fsp3) is 0.348. The maximum absolute atomic E-state index is 13.3. The summed E-state index contributed by atoms with van der Waals surface area (Å²) in [6.07, 6.45) is 5.24. The lowest BCUT2D eigenvalue weighted by molar-refractivity contribution is -0.118. The molecule has 0 spiro atoms. The zero-order valence-corrected chi connectivity index (χ0v) is 17.1. The fourth-order valence-electron chi connectivity index (χ4n) is 3.61. The molecule has 3 rings (SSSR count). The lowest BCUT2D eigenvalue weighted by Crippen LogP contribution is -2.26. The summed E-state index contributed by atoms with van der Waals surface area (Å²) >= 11 is 0. The van der Waals surface area contributed by atoms with Gasteiger partial charge in [-0.05, 0) is 73.2 Å². The number of halogens is 1. The Morgan fingerprint density at radius 3 is 2.52 bits per heavy atom. The molecule has 6 heteroatoms. The predicted octanol–water partition coefficient (Wildman–Crippen LogP) is 4.27. The molecule has 154 valence electrons. The van der Waals surface area contributed by atoms with Gasteiger partial charge in [-0.3, -0.25) is 4.79 Å². The zero-order valence-electron chi connectivity index (χ0n) is 17.1. The van der Waals surface area contributed by atoms with Crippen LogP contribution in [0.2, 0.25) is 0 Å². The summed E-state index contributed by atoms with van der Waals surface area (Å²) in [5, 5.41) is 1.03. The molecule has 0 bridgehead atoms. The van der Waals surface area contributed by atoms with Crippen molar-refractivity contribution < 1.29 is 18.7 Å². The van der Waals surface area contributed by atoms with Crippen molar-refractivity contribution in [1.82, 2.24) is 9.88 Å². The number of nitrogens with zero attached hydrogens (tertiary/aromatic N) is 1. The van der Waals surface area contributed by atoms with E-state index in [-0.39, 0.29) is 5.82 Å². The van der Waals surface area contributed by atoms with E-state index >= 15 is 0 Å². The van der Waals surface area contributed by atoms with Gasteiger partial charge in [-0.15, -0.1) is 0 Å². The number of amides is 1. The van der Waals surface area contributed by atoms with Gasteiger partial charge in [-0.1, -0.05) is 0 Å². The normalized spacial score (nSPS) is 10.9. The number of methoxy groups -OCH3 is 2. The van der Waals surface area contributed by atoms with Crippen LogP contribution in [0.3, 0.4) is 0 Å². The van der Waals surface area contributed by atoms with Gasteiger partial charge in [0.15, 0.2) is 11.5 Å². The van der Waals surface area contributed by atoms with Gasteiger partial charge >= 0.3 is 0 Å². The van der Waals surface area contributed by atoms with E-state index in [0.29, 0.717) is 24.6 Å². The first-order valence-electron chi connectivity index (χ1n) is 9.72. The van der Waals surface area contributed by atoms with Crippen LogP contribution >= 0.6 is 0 Å². The van der Waals surface area contributed by atoms with E-state index in [1.165, 1.54) is 12.1 Å². The van der Waals surface area contributed by atoms with Gasteiger partial charge in [-0.2, -0.15) is 0 Å². The molecule has 0 unspecified atom stereocenters. The number of ether oxygens (including phenoxy) is 2. The number of rotatable bonds is 10. The molecule has 5 nitrogen and oxygen atoms in total. The van der Waals surface area contributed by atoms with E-state index < -0.39 is 0 Å². The van der Waals surface area contributed by atoms with Crippen molar-refractivity contribution in [2.75, 3.05) is 27.3 Å². The second-order valence-electron chi connectivity index (χ2n) is 7.13. The van der Waals surface area contributed by atoms with Crippen LogP contribution in [0.1, 0.15) is 23.1 Å². The standard InChI is InChI=1S/C23H27FN2O3/c1-16-11-22(28-2)23(29-3)12-17(16)8-10-26(15-27)9-4-5-18-14-25-21-13-19(24)6-7-20(18)21/h6-7,11-15,25H,4-5,8-10H2,1-3H3. The molecule has 2 aromatic carbocycles. The SMILES string of the molecule is COc1cc(C)c(CCN(C=O)CCCc2c[nH]c3cc(F)ccc23)cc1OC. The molecule has 1 amide bonds. The van der Waals surface area contributed by atoms with Gasteiger partial charge in [0.2, 0.25) is 6.41 Å². The highest BCUT2D eigenvalue weighted by molar-refractivity contribution is 5.83. The van der Waals surface area contributed by atoms with E-state index in [9.17, 15) is 9.18 Å². The number of benzene rings is 2. The lowest BCUT2D eigenvalue weighted by Gasteiger charge is -2.19. The summed E-state index contributed by atoms with van der Waals surface area (Å²) in [5.41, 5.74) is 4.19. The lowest BCUT2D eigenvalue weighted by atomic mass is 10.0. The summed E-state index contributed by atoms with van der Waals surface area (Å²) in [6, 6.07) is 8.71. The first-order chi connectivity index (χ1) is 14.0. The second-order valence-corrected chi connectivity index (χ2v) is 7.13. The first kappa shape index (κ1) is 20.7. The number of carbonyl (C=O) groups is 1. The summed E-state index contributed by atoms with van der Waals surface area (Å²) in [5.74, 6) is 1.16. The van der Waals surface area contributed by atoms with Crippen molar-refractivity contribution in [3.8, 4) is 11.5 Å². The van der Waals surface area contributed by atoms with Crippen LogP contribution in [0, 0.1) is 12.7 Å². The highest BCUT2D eigenvalue weighted by Gasteiger charge is 2.11. The monoisotopic (exact) mass is 398 g/mol. The van der Waals surface area contributed by atoms with E-state index in [0.717, 1.165) is 53.3 Å². The highest BCUT2D eigenvalue weighted by atomic mass is 19.1. The van der Waals surface area contributed by atoms with E-state index in [1.54, 1.807) is 25.2 Å². The first-order valence-corrected chi connectivity index (χ1v) is 9.72. The van der Waals surface area contributed by atoms with Crippen molar-refractivity contribution in [3.63, 3.8) is 0 Å². The summed E-state index contributed by atoms with van der Waals surface area (Å²) in [7, 11) is 3.24. The maximum atomic E-state index is 13.3. The van der Waals surface area contributed by atoms with E-state index in [1.807, 2.05) is 25.3 Å². The van der Waals surface area contributed by atoms with Gasteiger partial charge in [-0.25, -0.2) is 4.39 Å². The number of aromatic nitrogens is 1. The number of aromatic amines is 1. The molecule has 29 heavy (non-hydrogen) atoms. The number of H-pyrrole nitrogens is 1. The molecule has 0 saturated carbocycles. The number of fused-ring (bicyclic) bond motifs is 1. The topological polar surface area (TPSA) is 54.6 Å². The molecule has 0 saturated heterocycles. The average molecular weight is 398 g/mol. The second kappa shape index (κ2) is 9.45. The third-order valence-electron chi connectivity index (χ3n) is 5.28. The molecule has 0 aliphatic heterocycles. The summed E-state index contributed by atoms with van der Waals surface area (Å²) < 4.78 is 24.0. The summed E-state index contributed by atoms with van der Waals surface area (Å²) in [4.78, 5) is 16.4. The molecule has 1 heterocycles. The number of aryl methyl sites for hydroxylation is 2. The highest BCUT2D eigenvalue weighted by Crippen LogP contribution is 2.30. The van der Waals surface area contributed by atoms with Crippen molar-refractivity contribution in [3.05, 3.63) is 59.0 Å². The Kier molecular flexibility index (Phi) is 6.75. The van der Waals surface area contributed by atoms with Gasteiger partial charge in [0, 0.05) is 30.2 Å². The Morgan fingerprint density at radius 2 is 1.79 bits per heavy atom. The van der Waals surface area contributed by atoms with Crippen molar-refractivity contribution in [1.29, 1.82) is 0 Å². The molecule has 1 N–H and O–H groups in total. The smallest absolute Gasteiger partial charge is 0.209 e. The fourth-order valence-corrected chi connectivity index (χ4v) is 3.61. The number of hydrogen-bond acceptors (Lipinski definition) is 3. The van der Waals surface area contributed by atoms with Crippen molar-refractivity contribution in [2.24, 2.45) is 0 Å². The minimum atomic E-state index is -0.247. The zero-order chi connectivity index (χ0) is 20.8. The average Bonchev–Trinajstić information content (AvgIpc) is 3.12. The Balaban J connectivity index is 1.56. The Labute approximate surface area is 170 Å². The number of carbonyl (C=O) groups excluding carboxylic acids is 1. The van der Waals surface area contributed by atoms with Gasteiger partial charge in [0.05, 0.1) is 14.2 Å². The van der Waals surface area contributed by atoms with Crippen molar-refractivity contribution >= 4 is 17.3 Å². The minimum Gasteiger partial charge on any atom is -0.493 e. The Morgan fingerprint density at radius 1 is 1.03 bits per heavy atom. The Hall–Kier alpha value is -3.02. The third kappa shape index (κ3) is 4.88. The molecule has 0 aliphatic rings. The van der Waals surface area contributed by atoms with Gasteiger partial charge in [0.1, 0.15) is 5.82 Å². The summed E-state index contributed by atoms with van der Waals surface area (Å²) in [6.45, 7) is 3.34. The molecule has 0 radical (unpaired) electrons. The third-order valence-corrected chi connectivity index (χ3v) is 5.28. The van der Waals surface area contributed by atoms with Crippen LogP contribution in [0.25, 0.3) is 10.9 Å². The van der Waals surface area contributed by atoms with Gasteiger partial charge < -0.3 is 19.4 Å². The molecule has 1 aromatic heterocycles. The van der Waals surface area contributed by atoms with Crippen LogP contribution in [-0.2, 0) is 17.6 Å². The Bertz CT molecular complexity index is 984. The van der Waals surface area contributed by atoms with Crippen LogP contribution in [-0.4, -0.2) is 43.6 Å². The number of nitrogens with one attached hydrogen (secondary N) is 1. The van der Waals surface area contributed by atoms with Gasteiger partial charge in [0.25, 0.3) is 0 Å². The quantitative estimate of drug-likeness (QED) is 0.519. The molecular formula is C23H27FN2O3. The number of hydrogen-bond donors (Lipinski definition) is 1. The van der Waals surface area contributed by atoms with Crippen LogP contribution < -0.4 is 9.47 Å². The molecule has 0 fully saturated rings. The molecular weight excluding hydrogens is 371 g/mol. The van der Waals surface area contributed by atoms with Crippen molar-refractivity contribution in [2.45, 2.75) is 26.2 Å². The molecule has 3 aromatic rings. The van der Waals surface area contributed by atoms with Crippen LogP contribution in [0.4, 0.5) is 4.39 Å². The van der Waals surface area contributed by atoms with E-state index in [4.69, 9.17) is 9.47 Å². The minimum absolute atomic E-state index is 0.247. The molecule has 0 aliphatic carbocycles. The largest absolute Gasteiger partial charge is 0.493 e. The van der Waals surface area contributed by atoms with Crippen LogP contribution in [0.15, 0.2) is 36.5 Å². The van der Waals surface area contributed by atoms with E-state index in [2.05, 4.69) is 4.98 Å².